The average molecular weight is 455 g/mol. The van der Waals surface area contributed by atoms with Crippen LogP contribution in [0.3, 0.4) is 0 Å². The second kappa shape index (κ2) is 10.3. The van der Waals surface area contributed by atoms with Crippen LogP contribution < -0.4 is 10.2 Å². The summed E-state index contributed by atoms with van der Waals surface area (Å²) in [7, 11) is 0. The number of esters is 1. The van der Waals surface area contributed by atoms with Crippen molar-refractivity contribution in [3.63, 3.8) is 0 Å². The third-order valence-corrected chi connectivity index (χ3v) is 7.31. The Hall–Kier alpha value is -2.67. The van der Waals surface area contributed by atoms with E-state index in [1.54, 1.807) is 4.90 Å². The molecule has 2 heterocycles. The molecule has 2 amide bonds. The van der Waals surface area contributed by atoms with Crippen LogP contribution in [-0.2, 0) is 19.1 Å². The second-order valence-electron chi connectivity index (χ2n) is 8.71. The van der Waals surface area contributed by atoms with Crippen LogP contribution in [0.2, 0.25) is 0 Å². The van der Waals surface area contributed by atoms with Crippen molar-refractivity contribution in [2.45, 2.75) is 64.0 Å². The van der Waals surface area contributed by atoms with E-state index in [9.17, 15) is 14.4 Å². The maximum absolute atomic E-state index is 13.1. The first-order chi connectivity index (χ1) is 15.5. The molecule has 0 radical (unpaired) electrons. The second-order valence-corrected chi connectivity index (χ2v) is 9.69. The smallest absolute Gasteiger partial charge is 0.311 e. The number of piperidine rings is 1. The van der Waals surface area contributed by atoms with Crippen molar-refractivity contribution < 1.29 is 19.1 Å². The number of carbonyl (C=O) groups excluding carboxylic acids is 3. The zero-order valence-electron chi connectivity index (χ0n) is 18.4. The van der Waals surface area contributed by atoms with Crippen LogP contribution in [0.15, 0.2) is 41.8 Å². The van der Waals surface area contributed by atoms with E-state index in [-0.39, 0.29) is 30.9 Å². The SMILES string of the molecule is Cc1ccc(N2C(=O)CCC(C(=O)OCC(=O)NC3CCCCC3)C2c2cccs2)cc1. The standard InChI is InChI=1S/C25H30N2O4S/c1-17-9-11-19(12-10-17)27-23(29)14-13-20(24(27)21-8-5-15-32-21)25(30)31-16-22(28)26-18-6-3-2-4-7-18/h5,8-12,15,18,20,24H,2-4,6-7,13-14,16H2,1H3,(H,26,28). The summed E-state index contributed by atoms with van der Waals surface area (Å²) in [5, 5.41) is 4.93. The molecule has 1 aromatic heterocycles. The number of nitrogens with zero attached hydrogens (tertiary/aromatic N) is 1. The summed E-state index contributed by atoms with van der Waals surface area (Å²) in [6.45, 7) is 1.72. The Bertz CT molecular complexity index is 935. The number of ether oxygens (including phenoxy) is 1. The molecule has 1 saturated carbocycles. The number of aryl methyl sites for hydroxylation is 1. The van der Waals surface area contributed by atoms with E-state index in [1.165, 1.54) is 17.8 Å². The van der Waals surface area contributed by atoms with Crippen LogP contribution in [0.4, 0.5) is 5.69 Å². The highest BCUT2D eigenvalue weighted by Crippen LogP contribution is 2.42. The number of thiophene rings is 1. The van der Waals surface area contributed by atoms with Crippen LogP contribution in [-0.4, -0.2) is 30.4 Å². The van der Waals surface area contributed by atoms with Gasteiger partial charge in [0.25, 0.3) is 5.91 Å². The van der Waals surface area contributed by atoms with Gasteiger partial charge in [-0.25, -0.2) is 0 Å². The first-order valence-corrected chi connectivity index (χ1v) is 12.3. The van der Waals surface area contributed by atoms with Gasteiger partial charge < -0.3 is 15.0 Å². The van der Waals surface area contributed by atoms with Crippen LogP contribution >= 0.6 is 11.3 Å². The minimum absolute atomic E-state index is 0.00801. The molecule has 2 aromatic rings. The molecule has 6 nitrogen and oxygen atoms in total. The molecule has 7 heteroatoms. The number of hydrogen-bond donors (Lipinski definition) is 1. The average Bonchev–Trinajstić information content (AvgIpc) is 3.33. The maximum atomic E-state index is 13.1. The fourth-order valence-electron chi connectivity index (χ4n) is 4.69. The Morgan fingerprint density at radius 1 is 1.09 bits per heavy atom. The van der Waals surface area contributed by atoms with E-state index in [2.05, 4.69) is 5.32 Å². The highest BCUT2D eigenvalue weighted by Gasteiger charge is 2.43. The predicted octanol–water partition coefficient (Wildman–Crippen LogP) is 4.53. The zero-order chi connectivity index (χ0) is 22.5. The van der Waals surface area contributed by atoms with Crippen LogP contribution in [0, 0.1) is 12.8 Å². The van der Waals surface area contributed by atoms with Crippen molar-refractivity contribution in [3.05, 3.63) is 52.2 Å². The quantitative estimate of drug-likeness (QED) is 0.651. The van der Waals surface area contributed by atoms with E-state index in [0.717, 1.165) is 41.8 Å². The fraction of sp³-hybridized carbons (Fsp3) is 0.480. The Morgan fingerprint density at radius 3 is 2.53 bits per heavy atom. The van der Waals surface area contributed by atoms with E-state index < -0.39 is 17.9 Å². The number of hydrogen-bond acceptors (Lipinski definition) is 5. The minimum atomic E-state index is -0.518. The van der Waals surface area contributed by atoms with Crippen molar-refractivity contribution in [1.82, 2.24) is 5.32 Å². The lowest BCUT2D eigenvalue weighted by molar-refractivity contribution is -0.154. The minimum Gasteiger partial charge on any atom is -0.455 e. The van der Waals surface area contributed by atoms with Gasteiger partial charge in [0.2, 0.25) is 5.91 Å². The lowest BCUT2D eigenvalue weighted by Gasteiger charge is -2.39. The number of anilines is 1. The molecule has 32 heavy (non-hydrogen) atoms. The summed E-state index contributed by atoms with van der Waals surface area (Å²) < 4.78 is 5.47. The zero-order valence-corrected chi connectivity index (χ0v) is 19.2. The molecule has 1 aromatic carbocycles. The monoisotopic (exact) mass is 454 g/mol. The predicted molar refractivity (Wildman–Crippen MR) is 124 cm³/mol. The number of amides is 2. The Morgan fingerprint density at radius 2 is 1.84 bits per heavy atom. The van der Waals surface area contributed by atoms with Crippen molar-refractivity contribution in [2.75, 3.05) is 11.5 Å². The molecule has 2 aliphatic rings. The normalized spacial score (nSPS) is 21.9. The molecule has 2 fully saturated rings. The van der Waals surface area contributed by atoms with E-state index in [1.807, 2.05) is 48.7 Å². The van der Waals surface area contributed by atoms with Gasteiger partial charge in [0.15, 0.2) is 6.61 Å². The topological polar surface area (TPSA) is 75.7 Å². The first-order valence-electron chi connectivity index (χ1n) is 11.4. The molecule has 1 N–H and O–H groups in total. The van der Waals surface area contributed by atoms with Gasteiger partial charge in [-0.3, -0.25) is 14.4 Å². The summed E-state index contributed by atoms with van der Waals surface area (Å²) in [5.74, 6) is -1.20. The van der Waals surface area contributed by atoms with E-state index in [0.29, 0.717) is 6.42 Å². The number of benzene rings is 1. The summed E-state index contributed by atoms with van der Waals surface area (Å²) >= 11 is 1.52. The Kier molecular flexibility index (Phi) is 7.25. The third-order valence-electron chi connectivity index (χ3n) is 6.36. The number of rotatable bonds is 6. The summed E-state index contributed by atoms with van der Waals surface area (Å²) in [5.41, 5.74) is 1.87. The Labute approximate surface area is 192 Å². The van der Waals surface area contributed by atoms with Crippen LogP contribution in [0.1, 0.15) is 61.4 Å². The Balaban J connectivity index is 1.48. The van der Waals surface area contributed by atoms with Gasteiger partial charge in [0.1, 0.15) is 0 Å². The highest BCUT2D eigenvalue weighted by atomic mass is 32.1. The van der Waals surface area contributed by atoms with Gasteiger partial charge in [0, 0.05) is 23.0 Å². The van der Waals surface area contributed by atoms with Gasteiger partial charge in [-0.1, -0.05) is 43.0 Å². The molecule has 2 unspecified atom stereocenters. The molecular formula is C25H30N2O4S. The van der Waals surface area contributed by atoms with Gasteiger partial charge >= 0.3 is 5.97 Å². The molecular weight excluding hydrogens is 424 g/mol. The van der Waals surface area contributed by atoms with Gasteiger partial charge in [-0.05, 0) is 49.8 Å². The van der Waals surface area contributed by atoms with Crippen LogP contribution in [0.5, 0.6) is 0 Å². The third kappa shape index (κ3) is 5.21. The number of nitrogens with one attached hydrogen (secondary N) is 1. The lowest BCUT2D eigenvalue weighted by atomic mass is 9.87. The number of carbonyl (C=O) groups is 3. The fourth-order valence-corrected chi connectivity index (χ4v) is 5.57. The van der Waals surface area contributed by atoms with Gasteiger partial charge in [-0.15, -0.1) is 11.3 Å². The van der Waals surface area contributed by atoms with Crippen molar-refractivity contribution >= 4 is 34.8 Å². The highest BCUT2D eigenvalue weighted by molar-refractivity contribution is 7.10. The largest absolute Gasteiger partial charge is 0.455 e. The molecule has 1 saturated heterocycles. The van der Waals surface area contributed by atoms with Crippen molar-refractivity contribution in [2.24, 2.45) is 5.92 Å². The molecule has 170 valence electrons. The van der Waals surface area contributed by atoms with Crippen molar-refractivity contribution in [1.29, 1.82) is 0 Å². The van der Waals surface area contributed by atoms with Crippen molar-refractivity contribution in [3.8, 4) is 0 Å². The molecule has 2 atom stereocenters. The summed E-state index contributed by atoms with van der Waals surface area (Å²) in [6, 6.07) is 11.4. The molecule has 0 spiro atoms. The molecule has 4 rings (SSSR count). The summed E-state index contributed by atoms with van der Waals surface area (Å²) in [6.07, 6.45) is 6.10. The summed E-state index contributed by atoms with van der Waals surface area (Å²) in [4.78, 5) is 41.0. The maximum Gasteiger partial charge on any atom is 0.311 e. The molecule has 0 bridgehead atoms. The molecule has 1 aliphatic heterocycles. The first kappa shape index (κ1) is 22.5. The van der Waals surface area contributed by atoms with E-state index in [4.69, 9.17) is 4.74 Å². The van der Waals surface area contributed by atoms with Gasteiger partial charge in [-0.2, -0.15) is 0 Å². The van der Waals surface area contributed by atoms with E-state index >= 15 is 0 Å². The van der Waals surface area contributed by atoms with Crippen LogP contribution in [0.25, 0.3) is 0 Å². The lowest BCUT2D eigenvalue weighted by Crippen LogP contribution is -2.46. The molecule has 1 aliphatic carbocycles. The van der Waals surface area contributed by atoms with Gasteiger partial charge in [0.05, 0.1) is 12.0 Å².